The Morgan fingerprint density at radius 1 is 1.24 bits per heavy atom. The van der Waals surface area contributed by atoms with Gasteiger partial charge in [0.25, 0.3) is 0 Å². The van der Waals surface area contributed by atoms with E-state index in [-0.39, 0.29) is 0 Å². The predicted molar refractivity (Wildman–Crippen MR) is 86.5 cm³/mol. The maximum Gasteiger partial charge on any atom is 0.133 e. The van der Waals surface area contributed by atoms with Gasteiger partial charge >= 0.3 is 0 Å². The minimum absolute atomic E-state index is 0.299. The largest absolute Gasteiger partial charge is 0.370 e. The molecule has 0 unspecified atom stereocenters. The van der Waals surface area contributed by atoms with E-state index in [1.165, 1.54) is 0 Å². The molecule has 1 N–H and O–H groups in total. The van der Waals surface area contributed by atoms with Crippen molar-refractivity contribution in [1.29, 1.82) is 0 Å². The van der Waals surface area contributed by atoms with Crippen molar-refractivity contribution in [2.75, 3.05) is 11.9 Å². The van der Waals surface area contributed by atoms with Crippen LogP contribution < -0.4 is 5.32 Å². The number of hydrogen-bond acceptors (Lipinski definition) is 4. The highest BCUT2D eigenvalue weighted by atomic mass is 15.3. The Bertz CT molecular complexity index is 601. The lowest BCUT2D eigenvalue weighted by Gasteiger charge is -2.14. The van der Waals surface area contributed by atoms with Crippen LogP contribution in [0.4, 0.5) is 5.82 Å². The molecule has 2 rings (SSSR count). The Balaban J connectivity index is 2.49. The molecule has 0 atom stereocenters. The summed E-state index contributed by atoms with van der Waals surface area (Å²) in [5.41, 5.74) is 3.12. The first-order valence-corrected chi connectivity index (χ1v) is 7.72. The van der Waals surface area contributed by atoms with Crippen LogP contribution in [0.15, 0.2) is 12.4 Å². The zero-order valence-corrected chi connectivity index (χ0v) is 13.6. The van der Waals surface area contributed by atoms with E-state index in [1.54, 1.807) is 0 Å². The van der Waals surface area contributed by atoms with E-state index in [1.807, 2.05) is 10.9 Å². The second-order valence-corrected chi connectivity index (χ2v) is 5.58. The lowest BCUT2D eigenvalue weighted by molar-refractivity contribution is 0.603. The number of hydrogen-bond donors (Lipinski definition) is 1. The van der Waals surface area contributed by atoms with Gasteiger partial charge in [0, 0.05) is 36.3 Å². The molecule has 0 saturated carbocycles. The third-order valence-corrected chi connectivity index (χ3v) is 3.38. The number of rotatable bonds is 6. The highest BCUT2D eigenvalue weighted by molar-refractivity contribution is 5.67. The molecule has 0 radical (unpaired) electrons. The Morgan fingerprint density at radius 2 is 2.00 bits per heavy atom. The molecule has 21 heavy (non-hydrogen) atoms. The van der Waals surface area contributed by atoms with Gasteiger partial charge in [0.1, 0.15) is 11.6 Å². The normalized spacial score (nSPS) is 11.1. The minimum Gasteiger partial charge on any atom is -0.370 e. The Labute approximate surface area is 126 Å². The van der Waals surface area contributed by atoms with Gasteiger partial charge < -0.3 is 5.32 Å². The van der Waals surface area contributed by atoms with Crippen LogP contribution in [0.3, 0.4) is 0 Å². The van der Waals surface area contributed by atoms with E-state index < -0.39 is 0 Å². The molecule has 5 heteroatoms. The highest BCUT2D eigenvalue weighted by Gasteiger charge is 2.15. The molecular formula is C16H25N5. The molecule has 0 aliphatic rings. The Morgan fingerprint density at radius 3 is 2.62 bits per heavy atom. The number of nitrogens with zero attached hydrogens (tertiary/aromatic N) is 4. The van der Waals surface area contributed by atoms with E-state index in [0.29, 0.717) is 5.92 Å². The van der Waals surface area contributed by atoms with E-state index >= 15 is 0 Å². The lowest BCUT2D eigenvalue weighted by atomic mass is 10.1. The van der Waals surface area contributed by atoms with Crippen LogP contribution in [0.25, 0.3) is 11.3 Å². The lowest BCUT2D eigenvalue weighted by Crippen LogP contribution is -2.08. The SMILES string of the molecule is CCCn1cc(-c2nc(C(C)C)nc(NCC)c2C)cn1. The third kappa shape index (κ3) is 3.40. The first kappa shape index (κ1) is 15.5. The van der Waals surface area contributed by atoms with Gasteiger partial charge in [0.2, 0.25) is 0 Å². The fraction of sp³-hybridized carbons (Fsp3) is 0.562. The van der Waals surface area contributed by atoms with Gasteiger partial charge in [0.05, 0.1) is 11.9 Å². The van der Waals surface area contributed by atoms with Gasteiger partial charge in [0.15, 0.2) is 0 Å². The van der Waals surface area contributed by atoms with Gasteiger partial charge in [-0.15, -0.1) is 0 Å². The summed E-state index contributed by atoms with van der Waals surface area (Å²) in [5, 5.41) is 7.74. The standard InChI is InChI=1S/C16H25N5/c1-6-8-21-10-13(9-18-21)14-12(5)16(17-7-2)20-15(19-14)11(3)4/h9-11H,6-8H2,1-5H3,(H,17,19,20). The molecule has 2 aromatic rings. The van der Waals surface area contributed by atoms with Crippen LogP contribution in [0.5, 0.6) is 0 Å². The summed E-state index contributed by atoms with van der Waals surface area (Å²) < 4.78 is 1.97. The first-order chi connectivity index (χ1) is 10.1. The third-order valence-electron chi connectivity index (χ3n) is 3.38. The minimum atomic E-state index is 0.299. The van der Waals surface area contributed by atoms with Crippen LogP contribution >= 0.6 is 0 Å². The number of aromatic nitrogens is 4. The second-order valence-electron chi connectivity index (χ2n) is 5.58. The summed E-state index contributed by atoms with van der Waals surface area (Å²) in [6.45, 7) is 12.3. The maximum absolute atomic E-state index is 4.75. The predicted octanol–water partition coefficient (Wildman–Crippen LogP) is 3.61. The summed E-state index contributed by atoms with van der Waals surface area (Å²) >= 11 is 0. The summed E-state index contributed by atoms with van der Waals surface area (Å²) in [6.07, 6.45) is 5.03. The first-order valence-electron chi connectivity index (χ1n) is 7.72. The van der Waals surface area contributed by atoms with Crippen molar-refractivity contribution in [3.63, 3.8) is 0 Å². The van der Waals surface area contributed by atoms with Crippen LogP contribution in [0, 0.1) is 6.92 Å². The summed E-state index contributed by atoms with van der Waals surface area (Å²) in [6, 6.07) is 0. The molecule has 0 bridgehead atoms. The maximum atomic E-state index is 4.75. The average Bonchev–Trinajstić information content (AvgIpc) is 2.90. The van der Waals surface area contributed by atoms with Gasteiger partial charge in [-0.1, -0.05) is 20.8 Å². The fourth-order valence-corrected chi connectivity index (χ4v) is 2.25. The van der Waals surface area contributed by atoms with E-state index in [4.69, 9.17) is 4.98 Å². The van der Waals surface area contributed by atoms with Crippen molar-refractivity contribution >= 4 is 5.82 Å². The number of anilines is 1. The zero-order valence-electron chi connectivity index (χ0n) is 13.6. The number of nitrogens with one attached hydrogen (secondary N) is 1. The van der Waals surface area contributed by atoms with Crippen molar-refractivity contribution in [3.05, 3.63) is 23.8 Å². The highest BCUT2D eigenvalue weighted by Crippen LogP contribution is 2.27. The molecule has 2 heterocycles. The molecule has 5 nitrogen and oxygen atoms in total. The van der Waals surface area contributed by atoms with E-state index in [2.05, 4.69) is 56.2 Å². The molecular weight excluding hydrogens is 262 g/mol. The molecule has 0 aliphatic heterocycles. The molecule has 0 saturated heterocycles. The van der Waals surface area contributed by atoms with Crippen molar-refractivity contribution in [1.82, 2.24) is 19.7 Å². The fourth-order valence-electron chi connectivity index (χ4n) is 2.25. The van der Waals surface area contributed by atoms with Crippen molar-refractivity contribution in [2.24, 2.45) is 0 Å². The molecule has 2 aromatic heterocycles. The monoisotopic (exact) mass is 287 g/mol. The second kappa shape index (κ2) is 6.70. The van der Waals surface area contributed by atoms with Crippen LogP contribution in [-0.2, 0) is 6.54 Å². The molecule has 0 spiro atoms. The summed E-state index contributed by atoms with van der Waals surface area (Å²) in [7, 11) is 0. The van der Waals surface area contributed by atoms with Crippen molar-refractivity contribution in [3.8, 4) is 11.3 Å². The van der Waals surface area contributed by atoms with Gasteiger partial charge in [-0.25, -0.2) is 9.97 Å². The topological polar surface area (TPSA) is 55.6 Å². The van der Waals surface area contributed by atoms with Gasteiger partial charge in [-0.2, -0.15) is 5.10 Å². The van der Waals surface area contributed by atoms with Crippen molar-refractivity contribution < 1.29 is 0 Å². The van der Waals surface area contributed by atoms with Gasteiger partial charge in [-0.3, -0.25) is 4.68 Å². The van der Waals surface area contributed by atoms with Crippen molar-refractivity contribution in [2.45, 2.75) is 53.5 Å². The van der Waals surface area contributed by atoms with Crippen LogP contribution in [0.2, 0.25) is 0 Å². The van der Waals surface area contributed by atoms with E-state index in [9.17, 15) is 0 Å². The van der Waals surface area contributed by atoms with Crippen LogP contribution in [0.1, 0.15) is 51.4 Å². The number of aryl methyl sites for hydroxylation is 1. The molecule has 0 aromatic carbocycles. The zero-order chi connectivity index (χ0) is 15.4. The molecule has 0 amide bonds. The van der Waals surface area contributed by atoms with Crippen LogP contribution in [-0.4, -0.2) is 26.3 Å². The summed E-state index contributed by atoms with van der Waals surface area (Å²) in [4.78, 5) is 9.40. The Hall–Kier alpha value is -1.91. The average molecular weight is 287 g/mol. The summed E-state index contributed by atoms with van der Waals surface area (Å²) in [5.74, 6) is 2.09. The smallest absolute Gasteiger partial charge is 0.133 e. The molecule has 0 aliphatic carbocycles. The quantitative estimate of drug-likeness (QED) is 0.881. The van der Waals surface area contributed by atoms with E-state index in [0.717, 1.165) is 48.0 Å². The molecule has 0 fully saturated rings. The van der Waals surface area contributed by atoms with Gasteiger partial charge in [-0.05, 0) is 20.3 Å². The molecule has 114 valence electrons. The Kier molecular flexibility index (Phi) is 4.94.